The summed E-state index contributed by atoms with van der Waals surface area (Å²) in [5.74, 6) is 0.651. The molecule has 10 heteroatoms. The Bertz CT molecular complexity index is 1680. The molecule has 0 saturated heterocycles. The first-order chi connectivity index (χ1) is 20.1. The number of nitrogens with zero attached hydrogens (tertiary/aromatic N) is 1. The van der Waals surface area contributed by atoms with E-state index < -0.39 is 22.0 Å². The van der Waals surface area contributed by atoms with Gasteiger partial charge in [-0.15, -0.1) is 0 Å². The van der Waals surface area contributed by atoms with Gasteiger partial charge in [-0.3, -0.25) is 4.79 Å². The number of rotatable bonds is 12. The maximum Gasteiger partial charge on any atom is 0.258 e. The van der Waals surface area contributed by atoms with Gasteiger partial charge in [-0.2, -0.15) is 9.82 Å². The molecule has 1 atom stereocenters. The fourth-order valence-corrected chi connectivity index (χ4v) is 6.41. The quantitative estimate of drug-likeness (QED) is 0.104. The topological polar surface area (TPSA) is 106 Å². The molecule has 0 bridgehead atoms. The third kappa shape index (κ3) is 8.08. The lowest BCUT2D eigenvalue weighted by molar-refractivity contribution is -0.123. The summed E-state index contributed by atoms with van der Waals surface area (Å²) in [7, 11) is -2.33. The first-order valence-electron chi connectivity index (χ1n) is 13.5. The number of sulfonamides is 1. The molecule has 2 N–H and O–H groups in total. The number of methoxy groups -OCH3 is 1. The molecule has 4 rings (SSSR count). The Morgan fingerprint density at radius 1 is 1.02 bits per heavy atom. The smallest absolute Gasteiger partial charge is 0.258 e. The van der Waals surface area contributed by atoms with Crippen molar-refractivity contribution in [2.75, 3.05) is 7.11 Å². The van der Waals surface area contributed by atoms with Gasteiger partial charge in [-0.05, 0) is 88.0 Å². The summed E-state index contributed by atoms with van der Waals surface area (Å²) in [6.07, 6.45) is 1.79. The highest BCUT2D eigenvalue weighted by atomic mass is 127. The second-order valence-electron chi connectivity index (χ2n) is 10.3. The van der Waals surface area contributed by atoms with Gasteiger partial charge in [0.25, 0.3) is 5.91 Å². The average molecular weight is 700 g/mol. The molecule has 0 aliphatic carbocycles. The highest BCUT2D eigenvalue weighted by molar-refractivity contribution is 14.1. The Morgan fingerprint density at radius 2 is 1.74 bits per heavy atom. The standard InChI is InChI=1S/C32H34IN3O5S/c1-21(2)16-29(36-42(38,39)26-14-12-22(3)13-15-26)32(37)35-34-19-23-17-28(33)31(30(18-23)40-4)41-20-25-10-7-9-24-8-5-6-11-27(24)25/h5-15,17-19,21,29,36H,16,20H2,1-4H3,(H,35,37)/b34-19-/t29-/m1/s1. The van der Waals surface area contributed by atoms with Crippen LogP contribution >= 0.6 is 22.6 Å². The van der Waals surface area contributed by atoms with E-state index in [-0.39, 0.29) is 10.8 Å². The Hall–Kier alpha value is -3.48. The van der Waals surface area contributed by atoms with Crippen LogP contribution in [0.3, 0.4) is 0 Å². The summed E-state index contributed by atoms with van der Waals surface area (Å²) in [4.78, 5) is 13.1. The molecule has 0 radical (unpaired) electrons. The number of nitrogens with one attached hydrogen (secondary N) is 2. The van der Waals surface area contributed by atoms with Crippen molar-refractivity contribution in [2.45, 2.75) is 44.7 Å². The maximum absolute atomic E-state index is 13.0. The number of amides is 1. The van der Waals surface area contributed by atoms with Crippen molar-refractivity contribution < 1.29 is 22.7 Å². The van der Waals surface area contributed by atoms with Gasteiger partial charge in [0.15, 0.2) is 11.5 Å². The van der Waals surface area contributed by atoms with Crippen molar-refractivity contribution in [2.24, 2.45) is 11.0 Å². The Morgan fingerprint density at radius 3 is 2.45 bits per heavy atom. The van der Waals surface area contributed by atoms with Crippen molar-refractivity contribution in [3.63, 3.8) is 0 Å². The van der Waals surface area contributed by atoms with Gasteiger partial charge in [0.2, 0.25) is 10.0 Å². The third-order valence-corrected chi connectivity index (χ3v) is 8.83. The summed E-state index contributed by atoms with van der Waals surface area (Å²) < 4.78 is 41.0. The van der Waals surface area contributed by atoms with E-state index in [2.05, 4.69) is 56.0 Å². The Kier molecular flexibility index (Phi) is 10.6. The summed E-state index contributed by atoms with van der Waals surface area (Å²) >= 11 is 2.18. The fraction of sp³-hybridized carbons (Fsp3) is 0.250. The molecular weight excluding hydrogens is 665 g/mol. The predicted molar refractivity (Wildman–Crippen MR) is 174 cm³/mol. The van der Waals surface area contributed by atoms with Crippen LogP contribution in [0.1, 0.15) is 37.0 Å². The molecule has 8 nitrogen and oxygen atoms in total. The molecule has 42 heavy (non-hydrogen) atoms. The number of benzene rings is 4. The third-order valence-electron chi connectivity index (χ3n) is 6.54. The zero-order valence-electron chi connectivity index (χ0n) is 23.9. The minimum absolute atomic E-state index is 0.0673. The Labute approximate surface area is 260 Å². The van der Waals surface area contributed by atoms with Crippen molar-refractivity contribution >= 4 is 55.5 Å². The minimum Gasteiger partial charge on any atom is -0.493 e. The molecule has 0 aliphatic rings. The number of fused-ring (bicyclic) bond motifs is 1. The summed E-state index contributed by atoms with van der Waals surface area (Å²) in [6.45, 7) is 6.08. The van der Waals surface area contributed by atoms with E-state index in [4.69, 9.17) is 9.47 Å². The van der Waals surface area contributed by atoms with Crippen LogP contribution in [0.4, 0.5) is 0 Å². The lowest BCUT2D eigenvalue weighted by Crippen LogP contribution is -2.46. The second kappa shape index (κ2) is 14.1. The van der Waals surface area contributed by atoms with Gasteiger partial charge in [0, 0.05) is 0 Å². The highest BCUT2D eigenvalue weighted by Gasteiger charge is 2.26. The molecule has 220 valence electrons. The van der Waals surface area contributed by atoms with Crippen LogP contribution < -0.4 is 19.6 Å². The van der Waals surface area contributed by atoms with Gasteiger partial charge < -0.3 is 9.47 Å². The Balaban J connectivity index is 1.45. The maximum atomic E-state index is 13.0. The summed E-state index contributed by atoms with van der Waals surface area (Å²) in [6, 6.07) is 23.4. The number of hydrogen-bond donors (Lipinski definition) is 2. The second-order valence-corrected chi connectivity index (χ2v) is 13.2. The van der Waals surface area contributed by atoms with Gasteiger partial charge in [-0.25, -0.2) is 13.8 Å². The molecule has 0 spiro atoms. The van der Waals surface area contributed by atoms with E-state index in [1.165, 1.54) is 18.3 Å². The minimum atomic E-state index is -3.90. The molecule has 0 saturated carbocycles. The molecule has 1 amide bonds. The normalized spacial score (nSPS) is 12.5. The number of hydrogen-bond acceptors (Lipinski definition) is 6. The highest BCUT2D eigenvalue weighted by Crippen LogP contribution is 2.34. The van der Waals surface area contributed by atoms with E-state index in [1.54, 1.807) is 25.3 Å². The van der Waals surface area contributed by atoms with Crippen molar-refractivity contribution in [1.82, 2.24) is 10.1 Å². The van der Waals surface area contributed by atoms with Gasteiger partial charge >= 0.3 is 0 Å². The van der Waals surface area contributed by atoms with E-state index in [1.807, 2.05) is 51.1 Å². The fourth-order valence-electron chi connectivity index (χ4n) is 4.42. The summed E-state index contributed by atoms with van der Waals surface area (Å²) in [5.41, 5.74) is 5.16. The van der Waals surface area contributed by atoms with E-state index in [0.29, 0.717) is 30.1 Å². The molecule has 4 aromatic rings. The van der Waals surface area contributed by atoms with Crippen LogP contribution in [0.5, 0.6) is 11.5 Å². The van der Waals surface area contributed by atoms with Crippen molar-refractivity contribution in [1.29, 1.82) is 0 Å². The lowest BCUT2D eigenvalue weighted by atomic mass is 10.0. The zero-order chi connectivity index (χ0) is 30.3. The average Bonchev–Trinajstić information content (AvgIpc) is 2.95. The zero-order valence-corrected chi connectivity index (χ0v) is 26.9. The molecule has 4 aromatic carbocycles. The van der Waals surface area contributed by atoms with Gasteiger partial charge in [-0.1, -0.05) is 74.0 Å². The molecular formula is C32H34IN3O5S. The molecule has 0 unspecified atom stereocenters. The van der Waals surface area contributed by atoms with Crippen LogP contribution in [0.15, 0.2) is 88.9 Å². The molecule has 0 heterocycles. The summed E-state index contributed by atoms with van der Waals surface area (Å²) in [5, 5.41) is 6.37. The number of hydrazone groups is 1. The van der Waals surface area contributed by atoms with E-state index in [0.717, 1.165) is 25.5 Å². The van der Waals surface area contributed by atoms with Crippen molar-refractivity contribution in [3.05, 3.63) is 99.1 Å². The number of halogens is 1. The predicted octanol–water partition coefficient (Wildman–Crippen LogP) is 6.18. The van der Waals surface area contributed by atoms with Crippen LogP contribution in [0, 0.1) is 16.4 Å². The monoisotopic (exact) mass is 699 g/mol. The molecule has 0 fully saturated rings. The number of aryl methyl sites for hydroxylation is 1. The molecule has 0 aliphatic heterocycles. The van der Waals surface area contributed by atoms with Crippen LogP contribution in [0.25, 0.3) is 10.8 Å². The SMILES string of the molecule is COc1cc(/C=N\NC(=O)[C@@H](CC(C)C)NS(=O)(=O)c2ccc(C)cc2)cc(I)c1OCc1cccc2ccccc12. The van der Waals surface area contributed by atoms with Gasteiger partial charge in [0.1, 0.15) is 12.6 Å². The number of ether oxygens (including phenoxy) is 2. The first kappa shape index (κ1) is 31.5. The van der Waals surface area contributed by atoms with Crippen LogP contribution in [0.2, 0.25) is 0 Å². The van der Waals surface area contributed by atoms with E-state index in [9.17, 15) is 13.2 Å². The van der Waals surface area contributed by atoms with Gasteiger partial charge in [0.05, 0.1) is 21.8 Å². The van der Waals surface area contributed by atoms with Crippen LogP contribution in [-0.2, 0) is 21.4 Å². The van der Waals surface area contributed by atoms with E-state index >= 15 is 0 Å². The lowest BCUT2D eigenvalue weighted by Gasteiger charge is -2.19. The van der Waals surface area contributed by atoms with Crippen molar-refractivity contribution in [3.8, 4) is 11.5 Å². The number of carbonyl (C=O) groups is 1. The number of carbonyl (C=O) groups excluding carboxylic acids is 1. The first-order valence-corrected chi connectivity index (χ1v) is 16.0. The molecule has 0 aromatic heterocycles. The van der Waals surface area contributed by atoms with Crippen LogP contribution in [-0.4, -0.2) is 33.7 Å². The largest absolute Gasteiger partial charge is 0.493 e.